The molecule has 0 N–H and O–H groups in total. The minimum Gasteiger partial charge on any atom is -0.293 e. The Morgan fingerprint density at radius 3 is 2.81 bits per heavy atom. The molecule has 0 spiro atoms. The van der Waals surface area contributed by atoms with Crippen molar-refractivity contribution in [3.05, 3.63) is 35.9 Å². The fourth-order valence-corrected chi connectivity index (χ4v) is 3.53. The van der Waals surface area contributed by atoms with Gasteiger partial charge in [-0.3, -0.25) is 9.79 Å². The average Bonchev–Trinajstić information content (AvgIpc) is 2.97. The molecule has 82 valence electrons. The van der Waals surface area contributed by atoms with Crippen LogP contribution >= 0.6 is 11.8 Å². The van der Waals surface area contributed by atoms with Crippen LogP contribution in [0, 0.1) is 11.3 Å². The van der Waals surface area contributed by atoms with Crippen molar-refractivity contribution in [3.8, 4) is 0 Å². The van der Waals surface area contributed by atoms with E-state index in [1.807, 2.05) is 36.6 Å². The van der Waals surface area contributed by atoms with Gasteiger partial charge in [0.2, 0.25) is 0 Å². The summed E-state index contributed by atoms with van der Waals surface area (Å²) in [5, 5.41) is 1.05. The highest BCUT2D eigenvalue weighted by atomic mass is 32.2. The first kappa shape index (κ1) is 10.1. The lowest BCUT2D eigenvalue weighted by molar-refractivity contribution is 0.0937. The summed E-state index contributed by atoms with van der Waals surface area (Å²) in [6.07, 6.45) is 3.01. The molecule has 1 aromatic carbocycles. The van der Waals surface area contributed by atoms with Crippen LogP contribution in [0.4, 0.5) is 0 Å². The SMILES string of the molecule is CSC1=NCC2CC12C(=O)c1ccccc1. The fourth-order valence-electron chi connectivity index (χ4n) is 2.62. The fraction of sp³-hybridized carbons (Fsp3) is 0.385. The van der Waals surface area contributed by atoms with Crippen LogP contribution in [0.15, 0.2) is 35.3 Å². The van der Waals surface area contributed by atoms with Crippen molar-refractivity contribution in [2.75, 3.05) is 12.8 Å². The lowest BCUT2D eigenvalue weighted by Crippen LogP contribution is -2.23. The number of nitrogens with zero attached hydrogens (tertiary/aromatic N) is 1. The van der Waals surface area contributed by atoms with Crippen LogP contribution in [-0.4, -0.2) is 23.6 Å². The largest absolute Gasteiger partial charge is 0.293 e. The molecule has 0 saturated heterocycles. The Morgan fingerprint density at radius 2 is 2.19 bits per heavy atom. The molecule has 0 aromatic heterocycles. The summed E-state index contributed by atoms with van der Waals surface area (Å²) in [5.74, 6) is 0.742. The number of hydrogen-bond donors (Lipinski definition) is 0. The number of benzene rings is 1. The van der Waals surface area contributed by atoms with Gasteiger partial charge in [0.15, 0.2) is 5.78 Å². The van der Waals surface area contributed by atoms with Gasteiger partial charge in [0.25, 0.3) is 0 Å². The molecule has 1 saturated carbocycles. The van der Waals surface area contributed by atoms with Gasteiger partial charge in [-0.2, -0.15) is 0 Å². The van der Waals surface area contributed by atoms with E-state index in [1.54, 1.807) is 11.8 Å². The Balaban J connectivity index is 1.96. The molecule has 0 radical (unpaired) electrons. The number of ketones is 1. The maximum absolute atomic E-state index is 12.5. The molecule has 0 amide bonds. The molecule has 16 heavy (non-hydrogen) atoms. The second-order valence-electron chi connectivity index (χ2n) is 4.42. The zero-order valence-electron chi connectivity index (χ0n) is 9.14. The van der Waals surface area contributed by atoms with Gasteiger partial charge in [0, 0.05) is 12.1 Å². The van der Waals surface area contributed by atoms with Crippen LogP contribution in [0.2, 0.25) is 0 Å². The van der Waals surface area contributed by atoms with Gasteiger partial charge in [-0.1, -0.05) is 30.3 Å². The molecular weight excluding hydrogens is 218 g/mol. The molecule has 2 atom stereocenters. The van der Waals surface area contributed by atoms with Crippen LogP contribution < -0.4 is 0 Å². The van der Waals surface area contributed by atoms with Crippen molar-refractivity contribution in [2.45, 2.75) is 6.42 Å². The van der Waals surface area contributed by atoms with Crippen molar-refractivity contribution in [2.24, 2.45) is 16.3 Å². The van der Waals surface area contributed by atoms with Gasteiger partial charge in [0.05, 0.1) is 10.5 Å². The number of thioether (sulfide) groups is 1. The van der Waals surface area contributed by atoms with Gasteiger partial charge in [-0.25, -0.2) is 0 Å². The minimum atomic E-state index is -0.235. The normalized spacial score (nSPS) is 30.8. The third-order valence-electron chi connectivity index (χ3n) is 3.58. The molecule has 2 aliphatic rings. The molecular formula is C13H13NOS. The maximum Gasteiger partial charge on any atom is 0.175 e. The molecule has 1 heterocycles. The van der Waals surface area contributed by atoms with E-state index in [9.17, 15) is 4.79 Å². The van der Waals surface area contributed by atoms with Crippen LogP contribution in [0.25, 0.3) is 0 Å². The molecule has 1 aromatic rings. The van der Waals surface area contributed by atoms with E-state index in [1.165, 1.54) is 0 Å². The molecule has 1 fully saturated rings. The third kappa shape index (κ3) is 1.21. The third-order valence-corrected chi connectivity index (χ3v) is 4.46. The van der Waals surface area contributed by atoms with Gasteiger partial charge in [0.1, 0.15) is 0 Å². The molecule has 3 heteroatoms. The number of hydrogen-bond acceptors (Lipinski definition) is 3. The van der Waals surface area contributed by atoms with Crippen LogP contribution in [0.3, 0.4) is 0 Å². The smallest absolute Gasteiger partial charge is 0.175 e. The predicted octanol–water partition coefficient (Wildman–Crippen LogP) is 2.65. The number of Topliss-reactive ketones (excluding diaryl/α,β-unsaturated/α-hetero) is 1. The Bertz CT molecular complexity index is 468. The zero-order chi connectivity index (χ0) is 11.2. The first-order valence-corrected chi connectivity index (χ1v) is 6.70. The first-order valence-electron chi connectivity index (χ1n) is 5.48. The number of carbonyl (C=O) groups excluding carboxylic acids is 1. The van der Waals surface area contributed by atoms with Gasteiger partial charge in [-0.05, 0) is 18.6 Å². The number of aliphatic imine (C=N–C) groups is 1. The van der Waals surface area contributed by atoms with Crippen molar-refractivity contribution in [3.63, 3.8) is 0 Å². The molecule has 0 bridgehead atoms. The highest BCUT2D eigenvalue weighted by molar-refractivity contribution is 8.13. The van der Waals surface area contributed by atoms with Gasteiger partial charge < -0.3 is 0 Å². The van der Waals surface area contributed by atoms with Crippen LogP contribution in [0.1, 0.15) is 16.8 Å². The quantitative estimate of drug-likeness (QED) is 0.732. The van der Waals surface area contributed by atoms with Crippen molar-refractivity contribution < 1.29 is 4.79 Å². The molecule has 3 rings (SSSR count). The molecule has 2 unspecified atom stereocenters. The summed E-state index contributed by atoms with van der Waals surface area (Å²) in [6, 6.07) is 9.60. The average molecular weight is 231 g/mol. The van der Waals surface area contributed by atoms with Crippen LogP contribution in [-0.2, 0) is 0 Å². The van der Waals surface area contributed by atoms with Crippen LogP contribution in [0.5, 0.6) is 0 Å². The topological polar surface area (TPSA) is 29.4 Å². The predicted molar refractivity (Wildman–Crippen MR) is 67.1 cm³/mol. The van der Waals surface area contributed by atoms with Gasteiger partial charge >= 0.3 is 0 Å². The first-order chi connectivity index (χ1) is 7.79. The summed E-state index contributed by atoms with van der Waals surface area (Å²) >= 11 is 1.63. The Hall–Kier alpha value is -1.09. The van der Waals surface area contributed by atoms with Crippen molar-refractivity contribution in [1.29, 1.82) is 0 Å². The molecule has 2 nitrogen and oxygen atoms in total. The number of fused-ring (bicyclic) bond motifs is 1. The molecule has 1 aliphatic carbocycles. The highest BCUT2D eigenvalue weighted by Gasteiger charge is 2.65. The monoisotopic (exact) mass is 231 g/mol. The summed E-state index contributed by atoms with van der Waals surface area (Å²) in [4.78, 5) is 16.9. The van der Waals surface area contributed by atoms with E-state index in [4.69, 9.17) is 0 Å². The summed E-state index contributed by atoms with van der Waals surface area (Å²) in [6.45, 7) is 0.842. The zero-order valence-corrected chi connectivity index (χ0v) is 9.96. The van der Waals surface area contributed by atoms with Gasteiger partial charge in [-0.15, -0.1) is 11.8 Å². The number of rotatable bonds is 2. The highest BCUT2D eigenvalue weighted by Crippen LogP contribution is 2.60. The lowest BCUT2D eigenvalue weighted by atomic mass is 9.94. The van der Waals surface area contributed by atoms with E-state index >= 15 is 0 Å². The second kappa shape index (κ2) is 3.45. The van der Waals surface area contributed by atoms with E-state index in [0.29, 0.717) is 5.92 Å². The van der Waals surface area contributed by atoms with E-state index < -0.39 is 0 Å². The minimum absolute atomic E-state index is 0.235. The standard InChI is InChI=1S/C13H13NOS/c1-16-12-13(7-10(13)8-14-12)11(15)9-5-3-2-4-6-9/h2-6,10H,7-8H2,1H3. The summed E-state index contributed by atoms with van der Waals surface area (Å²) < 4.78 is 0. The Labute approximate surface area is 99.2 Å². The maximum atomic E-state index is 12.5. The van der Waals surface area contributed by atoms with E-state index in [2.05, 4.69) is 4.99 Å². The summed E-state index contributed by atoms with van der Waals surface area (Å²) in [5.41, 5.74) is 0.592. The van der Waals surface area contributed by atoms with Crippen molar-refractivity contribution >= 4 is 22.6 Å². The van der Waals surface area contributed by atoms with E-state index in [-0.39, 0.29) is 11.2 Å². The Morgan fingerprint density at radius 1 is 1.44 bits per heavy atom. The summed E-state index contributed by atoms with van der Waals surface area (Å²) in [7, 11) is 0. The lowest BCUT2D eigenvalue weighted by Gasteiger charge is -2.12. The molecule has 1 aliphatic heterocycles. The number of carbonyl (C=O) groups is 1. The van der Waals surface area contributed by atoms with E-state index in [0.717, 1.165) is 23.6 Å². The Kier molecular flexibility index (Phi) is 2.18. The van der Waals surface area contributed by atoms with Crippen molar-refractivity contribution in [1.82, 2.24) is 0 Å². The second-order valence-corrected chi connectivity index (χ2v) is 5.21.